The summed E-state index contributed by atoms with van der Waals surface area (Å²) in [5, 5.41) is 0. The van der Waals surface area contributed by atoms with Gasteiger partial charge < -0.3 is 0 Å². The lowest BCUT2D eigenvalue weighted by Crippen LogP contribution is -2.37. The lowest BCUT2D eigenvalue weighted by Gasteiger charge is -2.42. The molecule has 0 N–H and O–H groups in total. The number of hydrogen-bond acceptors (Lipinski definition) is 2. The molecule has 36 heavy (non-hydrogen) atoms. The average Bonchev–Trinajstić information content (AvgIpc) is 3.21. The molecule has 2 nitrogen and oxygen atoms in total. The summed E-state index contributed by atoms with van der Waals surface area (Å²) < 4.78 is 29.0. The molecule has 0 saturated heterocycles. The second kappa shape index (κ2) is 8.86. The molecule has 0 heterocycles. The first-order valence-electron chi connectivity index (χ1n) is 12.4. The molecule has 3 aliphatic carbocycles. The van der Waals surface area contributed by atoms with Gasteiger partial charge in [0.15, 0.2) is 0 Å². The number of hydrogen-bond donors (Lipinski definition) is 0. The van der Waals surface area contributed by atoms with Gasteiger partial charge in [-0.05, 0) is 90.3 Å². The summed E-state index contributed by atoms with van der Waals surface area (Å²) in [5.74, 6) is 0.201. The Morgan fingerprint density at radius 3 is 2.42 bits per heavy atom. The van der Waals surface area contributed by atoms with Crippen molar-refractivity contribution in [2.75, 3.05) is 0 Å². The molecule has 0 aliphatic heterocycles. The molecule has 3 aliphatic rings. The van der Waals surface area contributed by atoms with Gasteiger partial charge in [0.25, 0.3) is 0 Å². The number of fused-ring (bicyclic) bond motifs is 2. The van der Waals surface area contributed by atoms with Crippen LogP contribution in [0.3, 0.4) is 0 Å². The molecule has 0 radical (unpaired) electrons. The van der Waals surface area contributed by atoms with Crippen LogP contribution in [0.4, 0.5) is 0 Å². The summed E-state index contributed by atoms with van der Waals surface area (Å²) in [6, 6.07) is 21.5. The number of allylic oxidation sites excluding steroid dienone is 8. The SMILES string of the molecule is Cc1ccccc1C1(C2C=CC=CC2)C2=C(C=CCC2)c2c1cccc2S(=O)(=O)c1ccc(Br)cc1. The van der Waals surface area contributed by atoms with Crippen molar-refractivity contribution in [2.24, 2.45) is 5.92 Å². The van der Waals surface area contributed by atoms with Crippen LogP contribution in [0.2, 0.25) is 0 Å². The van der Waals surface area contributed by atoms with Crippen molar-refractivity contribution in [3.63, 3.8) is 0 Å². The van der Waals surface area contributed by atoms with Gasteiger partial charge in [-0.25, -0.2) is 8.42 Å². The van der Waals surface area contributed by atoms with Crippen LogP contribution in [0, 0.1) is 12.8 Å². The highest BCUT2D eigenvalue weighted by Crippen LogP contribution is 2.60. The zero-order valence-corrected chi connectivity index (χ0v) is 22.5. The third kappa shape index (κ3) is 3.38. The topological polar surface area (TPSA) is 34.1 Å². The molecule has 3 aromatic rings. The molecule has 3 aromatic carbocycles. The Morgan fingerprint density at radius 1 is 0.889 bits per heavy atom. The summed E-state index contributed by atoms with van der Waals surface area (Å²) in [5.41, 5.74) is 6.50. The van der Waals surface area contributed by atoms with Crippen LogP contribution in [0.15, 0.2) is 123 Å². The maximum absolute atomic E-state index is 14.1. The predicted octanol–water partition coefficient (Wildman–Crippen LogP) is 8.13. The van der Waals surface area contributed by atoms with Crippen molar-refractivity contribution in [3.05, 3.63) is 135 Å². The summed E-state index contributed by atoms with van der Waals surface area (Å²) in [6.45, 7) is 2.18. The molecule has 2 atom stereocenters. The molecule has 0 aromatic heterocycles. The number of benzene rings is 3. The minimum absolute atomic E-state index is 0.201. The standard InChI is InChI=1S/C32H27BrO2S/c1-22-10-5-7-14-27(22)32(23-11-3-2-4-12-23)28-15-8-6-13-26(28)31-29(32)16-9-17-30(31)36(34,35)25-20-18-24(33)19-21-25/h2-7,9-11,13-14,16-21,23H,8,12,15H2,1H3. The summed E-state index contributed by atoms with van der Waals surface area (Å²) in [7, 11) is -3.73. The molecule has 4 heteroatoms. The molecular weight excluding hydrogens is 528 g/mol. The lowest BCUT2D eigenvalue weighted by molar-refractivity contribution is 0.433. The molecule has 2 unspecified atom stereocenters. The minimum atomic E-state index is -3.73. The Morgan fingerprint density at radius 2 is 1.67 bits per heavy atom. The first-order valence-corrected chi connectivity index (χ1v) is 14.7. The molecule has 0 spiro atoms. The maximum Gasteiger partial charge on any atom is 0.207 e. The smallest absolute Gasteiger partial charge is 0.207 e. The zero-order chi connectivity index (χ0) is 24.9. The maximum atomic E-state index is 14.1. The Hall–Kier alpha value is -2.95. The van der Waals surface area contributed by atoms with Gasteiger partial charge in [0.05, 0.1) is 9.79 Å². The minimum Gasteiger partial charge on any atom is -0.218 e. The fourth-order valence-corrected chi connectivity index (χ4v) is 8.18. The van der Waals surface area contributed by atoms with Crippen molar-refractivity contribution in [1.29, 1.82) is 0 Å². The van der Waals surface area contributed by atoms with E-state index in [2.05, 4.69) is 89.6 Å². The lowest BCUT2D eigenvalue weighted by atomic mass is 9.60. The number of aryl methyl sites for hydroxylation is 1. The molecule has 0 fully saturated rings. The molecule has 0 amide bonds. The van der Waals surface area contributed by atoms with E-state index in [0.29, 0.717) is 9.79 Å². The van der Waals surface area contributed by atoms with Gasteiger partial charge in [0, 0.05) is 15.5 Å². The molecule has 6 rings (SSSR count). The van der Waals surface area contributed by atoms with E-state index in [-0.39, 0.29) is 5.92 Å². The van der Waals surface area contributed by atoms with E-state index in [9.17, 15) is 8.42 Å². The molecule has 180 valence electrons. The number of rotatable bonds is 4. The van der Waals surface area contributed by atoms with Crippen LogP contribution < -0.4 is 0 Å². The number of sulfone groups is 1. The predicted molar refractivity (Wildman–Crippen MR) is 150 cm³/mol. The van der Waals surface area contributed by atoms with Crippen LogP contribution in [0.25, 0.3) is 5.57 Å². The van der Waals surface area contributed by atoms with Crippen molar-refractivity contribution in [3.8, 4) is 0 Å². The number of halogens is 1. The van der Waals surface area contributed by atoms with Crippen molar-refractivity contribution in [1.82, 2.24) is 0 Å². The Labute approximate surface area is 221 Å². The van der Waals surface area contributed by atoms with Crippen molar-refractivity contribution >= 4 is 31.3 Å². The molecule has 0 bridgehead atoms. The van der Waals surface area contributed by atoms with E-state index >= 15 is 0 Å². The average molecular weight is 556 g/mol. The summed E-state index contributed by atoms with van der Waals surface area (Å²) in [6.07, 6.45) is 16.0. The highest BCUT2D eigenvalue weighted by molar-refractivity contribution is 9.10. The van der Waals surface area contributed by atoms with Crippen LogP contribution in [-0.2, 0) is 15.3 Å². The van der Waals surface area contributed by atoms with Gasteiger partial charge in [0.1, 0.15) is 0 Å². The summed E-state index contributed by atoms with van der Waals surface area (Å²) in [4.78, 5) is 0.710. The largest absolute Gasteiger partial charge is 0.218 e. The molecule has 0 saturated carbocycles. The van der Waals surface area contributed by atoms with Gasteiger partial charge in [-0.2, -0.15) is 0 Å². The highest BCUT2D eigenvalue weighted by Gasteiger charge is 2.52. The fraction of sp³-hybridized carbons (Fsp3) is 0.188. The fourth-order valence-electron chi connectivity index (χ4n) is 6.42. The van der Waals surface area contributed by atoms with Crippen LogP contribution in [0.5, 0.6) is 0 Å². The van der Waals surface area contributed by atoms with E-state index < -0.39 is 15.3 Å². The summed E-state index contributed by atoms with van der Waals surface area (Å²) >= 11 is 3.43. The van der Waals surface area contributed by atoms with E-state index in [1.807, 2.05) is 6.07 Å². The Bertz CT molecular complexity index is 1590. The first kappa shape index (κ1) is 23.4. The Kier molecular flexibility index (Phi) is 5.77. The van der Waals surface area contributed by atoms with E-state index in [4.69, 9.17) is 0 Å². The van der Waals surface area contributed by atoms with Gasteiger partial charge in [-0.3, -0.25) is 0 Å². The van der Waals surface area contributed by atoms with E-state index in [1.165, 1.54) is 16.7 Å². The van der Waals surface area contributed by atoms with Crippen molar-refractivity contribution < 1.29 is 8.42 Å². The normalized spacial score (nSPS) is 22.6. The van der Waals surface area contributed by atoms with Gasteiger partial charge in [-0.1, -0.05) is 88.8 Å². The third-order valence-corrected chi connectivity index (χ3v) is 10.2. The van der Waals surface area contributed by atoms with Gasteiger partial charge in [0.2, 0.25) is 9.84 Å². The van der Waals surface area contributed by atoms with Gasteiger partial charge in [-0.15, -0.1) is 0 Å². The second-order valence-electron chi connectivity index (χ2n) is 9.75. The monoisotopic (exact) mass is 554 g/mol. The highest BCUT2D eigenvalue weighted by atomic mass is 79.9. The Balaban J connectivity index is 1.70. The first-order chi connectivity index (χ1) is 17.5. The second-order valence-corrected chi connectivity index (χ2v) is 12.6. The van der Waals surface area contributed by atoms with Gasteiger partial charge >= 0.3 is 0 Å². The zero-order valence-electron chi connectivity index (χ0n) is 20.1. The van der Waals surface area contributed by atoms with Crippen LogP contribution >= 0.6 is 15.9 Å². The molecular formula is C32H27BrO2S. The van der Waals surface area contributed by atoms with Crippen LogP contribution in [0.1, 0.15) is 41.5 Å². The van der Waals surface area contributed by atoms with Crippen LogP contribution in [-0.4, -0.2) is 8.42 Å². The quantitative estimate of drug-likeness (QED) is 0.326. The van der Waals surface area contributed by atoms with Crippen molar-refractivity contribution in [2.45, 2.75) is 41.4 Å². The third-order valence-electron chi connectivity index (χ3n) is 7.89. The van der Waals surface area contributed by atoms with E-state index in [1.54, 1.807) is 30.3 Å². The van der Waals surface area contributed by atoms with E-state index in [0.717, 1.165) is 40.4 Å².